The summed E-state index contributed by atoms with van der Waals surface area (Å²) in [4.78, 5) is 21.8. The molecule has 0 aromatic heterocycles. The number of hydrogen-bond acceptors (Lipinski definition) is 3. The van der Waals surface area contributed by atoms with Crippen molar-refractivity contribution in [1.82, 2.24) is 5.32 Å². The lowest BCUT2D eigenvalue weighted by Gasteiger charge is -2.16. The highest BCUT2D eigenvalue weighted by molar-refractivity contribution is 6.30. The number of carboxylic acids is 1. The van der Waals surface area contributed by atoms with E-state index < -0.39 is 12.0 Å². The number of halogens is 1. The Hall–Kier alpha value is -1.75. The maximum absolute atomic E-state index is 10.9. The van der Waals surface area contributed by atoms with Crippen LogP contribution in [0.1, 0.15) is 12.5 Å². The van der Waals surface area contributed by atoms with Gasteiger partial charge >= 0.3 is 5.97 Å². The minimum absolute atomic E-state index is 0.0933. The molecule has 1 unspecified atom stereocenters. The van der Waals surface area contributed by atoms with E-state index in [1.54, 1.807) is 12.1 Å². The van der Waals surface area contributed by atoms with Gasteiger partial charge in [-0.15, -0.1) is 0 Å². The molecule has 0 heterocycles. The number of hydrogen-bond donors (Lipinski definition) is 3. The molecule has 1 rings (SSSR count). The van der Waals surface area contributed by atoms with Crippen LogP contribution in [0.2, 0.25) is 5.02 Å². The molecule has 0 saturated heterocycles. The van der Waals surface area contributed by atoms with Gasteiger partial charge in [0.25, 0.3) is 0 Å². The quantitative estimate of drug-likeness (QED) is 0.760. The SMILES string of the molecule is CC(=O)NC(CNc1cc(Cl)ccc1C)C(=O)O. The van der Waals surface area contributed by atoms with Crippen molar-refractivity contribution in [3.8, 4) is 0 Å². The zero-order valence-electron chi connectivity index (χ0n) is 10.2. The lowest BCUT2D eigenvalue weighted by atomic mass is 10.2. The van der Waals surface area contributed by atoms with E-state index in [2.05, 4.69) is 10.6 Å². The summed E-state index contributed by atoms with van der Waals surface area (Å²) in [5, 5.41) is 14.8. The van der Waals surface area contributed by atoms with Gasteiger partial charge in [0.15, 0.2) is 0 Å². The number of carboxylic acid groups (broad SMARTS) is 1. The number of rotatable bonds is 5. The van der Waals surface area contributed by atoms with Crippen molar-refractivity contribution >= 4 is 29.2 Å². The van der Waals surface area contributed by atoms with E-state index in [9.17, 15) is 9.59 Å². The highest BCUT2D eigenvalue weighted by atomic mass is 35.5. The fraction of sp³-hybridized carbons (Fsp3) is 0.333. The van der Waals surface area contributed by atoms with Gasteiger partial charge in [0.1, 0.15) is 6.04 Å². The fourth-order valence-electron chi connectivity index (χ4n) is 1.44. The Morgan fingerprint density at radius 2 is 2.11 bits per heavy atom. The molecular formula is C12H15ClN2O3. The van der Waals surface area contributed by atoms with Crippen LogP contribution in [0.25, 0.3) is 0 Å². The molecular weight excluding hydrogens is 256 g/mol. The summed E-state index contributed by atoms with van der Waals surface area (Å²) >= 11 is 5.85. The molecule has 0 spiro atoms. The lowest BCUT2D eigenvalue weighted by molar-refractivity contribution is -0.141. The van der Waals surface area contributed by atoms with Gasteiger partial charge in [0.05, 0.1) is 0 Å². The highest BCUT2D eigenvalue weighted by Gasteiger charge is 2.18. The molecule has 0 aliphatic carbocycles. The van der Waals surface area contributed by atoms with E-state index in [4.69, 9.17) is 16.7 Å². The number of carbonyl (C=O) groups is 2. The summed E-state index contributed by atoms with van der Waals surface area (Å²) in [6.07, 6.45) is 0. The molecule has 0 aliphatic heterocycles. The molecule has 1 aromatic rings. The van der Waals surface area contributed by atoms with Crippen LogP contribution in [0.5, 0.6) is 0 Å². The summed E-state index contributed by atoms with van der Waals surface area (Å²) in [7, 11) is 0. The van der Waals surface area contributed by atoms with Crippen LogP contribution < -0.4 is 10.6 Å². The first-order chi connectivity index (χ1) is 8.40. The molecule has 0 radical (unpaired) electrons. The van der Waals surface area contributed by atoms with Crippen molar-refractivity contribution in [2.45, 2.75) is 19.9 Å². The number of aryl methyl sites for hydroxylation is 1. The minimum Gasteiger partial charge on any atom is -0.480 e. The van der Waals surface area contributed by atoms with Gasteiger partial charge in [-0.05, 0) is 24.6 Å². The van der Waals surface area contributed by atoms with Gasteiger partial charge in [-0.2, -0.15) is 0 Å². The summed E-state index contributed by atoms with van der Waals surface area (Å²) in [5.74, 6) is -1.47. The highest BCUT2D eigenvalue weighted by Crippen LogP contribution is 2.19. The number of nitrogens with one attached hydrogen (secondary N) is 2. The monoisotopic (exact) mass is 270 g/mol. The average molecular weight is 271 g/mol. The third kappa shape index (κ3) is 4.25. The van der Waals surface area contributed by atoms with Crippen LogP contribution in [0, 0.1) is 6.92 Å². The fourth-order valence-corrected chi connectivity index (χ4v) is 1.61. The second kappa shape index (κ2) is 6.26. The van der Waals surface area contributed by atoms with Crippen LogP contribution in [0.3, 0.4) is 0 Å². The van der Waals surface area contributed by atoms with Crippen LogP contribution in [0.4, 0.5) is 5.69 Å². The number of carbonyl (C=O) groups excluding carboxylic acids is 1. The Kier molecular flexibility index (Phi) is 4.97. The summed E-state index contributed by atoms with van der Waals surface area (Å²) in [5.41, 5.74) is 1.70. The van der Waals surface area contributed by atoms with Crippen molar-refractivity contribution in [2.75, 3.05) is 11.9 Å². The lowest BCUT2D eigenvalue weighted by Crippen LogP contribution is -2.44. The zero-order valence-corrected chi connectivity index (χ0v) is 10.9. The molecule has 1 aromatic carbocycles. The molecule has 0 aliphatic rings. The Morgan fingerprint density at radius 3 is 2.67 bits per heavy atom. The van der Waals surface area contributed by atoms with E-state index in [0.717, 1.165) is 11.3 Å². The molecule has 0 fully saturated rings. The maximum Gasteiger partial charge on any atom is 0.328 e. The van der Waals surface area contributed by atoms with E-state index in [1.807, 2.05) is 13.0 Å². The first-order valence-corrected chi connectivity index (χ1v) is 5.78. The molecule has 18 heavy (non-hydrogen) atoms. The topological polar surface area (TPSA) is 78.4 Å². The second-order valence-corrected chi connectivity index (χ2v) is 4.37. The second-order valence-electron chi connectivity index (χ2n) is 3.93. The van der Waals surface area contributed by atoms with Gasteiger partial charge in [0, 0.05) is 24.2 Å². The van der Waals surface area contributed by atoms with Crippen molar-refractivity contribution in [3.63, 3.8) is 0 Å². The number of aliphatic carboxylic acids is 1. The predicted octanol–water partition coefficient (Wildman–Crippen LogP) is 1.65. The molecule has 6 heteroatoms. The van der Waals surface area contributed by atoms with Gasteiger partial charge in [-0.25, -0.2) is 4.79 Å². The molecule has 98 valence electrons. The summed E-state index contributed by atoms with van der Waals surface area (Å²) in [6, 6.07) is 4.33. The van der Waals surface area contributed by atoms with Crippen molar-refractivity contribution in [1.29, 1.82) is 0 Å². The number of anilines is 1. The molecule has 5 nitrogen and oxygen atoms in total. The van der Waals surface area contributed by atoms with E-state index in [1.165, 1.54) is 6.92 Å². The Labute approximate surface area is 110 Å². The van der Waals surface area contributed by atoms with Gasteiger partial charge in [-0.3, -0.25) is 4.79 Å². The smallest absolute Gasteiger partial charge is 0.328 e. The Balaban J connectivity index is 2.69. The molecule has 0 bridgehead atoms. The Morgan fingerprint density at radius 1 is 1.44 bits per heavy atom. The largest absolute Gasteiger partial charge is 0.480 e. The standard InChI is InChI=1S/C12H15ClN2O3/c1-7-3-4-9(13)5-10(7)14-6-11(12(17)18)15-8(2)16/h3-5,11,14H,6H2,1-2H3,(H,15,16)(H,17,18). The van der Waals surface area contributed by atoms with E-state index >= 15 is 0 Å². The van der Waals surface area contributed by atoms with Crippen molar-refractivity contribution < 1.29 is 14.7 Å². The number of benzene rings is 1. The summed E-state index contributed by atoms with van der Waals surface area (Å²) in [6.45, 7) is 3.25. The third-order valence-electron chi connectivity index (χ3n) is 2.37. The third-order valence-corrected chi connectivity index (χ3v) is 2.61. The van der Waals surface area contributed by atoms with Gasteiger partial charge in [0.2, 0.25) is 5.91 Å². The Bertz CT molecular complexity index is 463. The van der Waals surface area contributed by atoms with Crippen LogP contribution in [-0.2, 0) is 9.59 Å². The zero-order chi connectivity index (χ0) is 13.7. The molecule has 0 saturated carbocycles. The first-order valence-electron chi connectivity index (χ1n) is 5.40. The molecule has 3 N–H and O–H groups in total. The molecule has 1 amide bonds. The first kappa shape index (κ1) is 14.3. The minimum atomic E-state index is -1.09. The van der Waals surface area contributed by atoms with Crippen LogP contribution in [-0.4, -0.2) is 29.6 Å². The van der Waals surface area contributed by atoms with Crippen LogP contribution >= 0.6 is 11.6 Å². The van der Waals surface area contributed by atoms with Crippen molar-refractivity contribution in [2.24, 2.45) is 0 Å². The predicted molar refractivity (Wildman–Crippen MR) is 69.9 cm³/mol. The van der Waals surface area contributed by atoms with E-state index in [0.29, 0.717) is 5.02 Å². The van der Waals surface area contributed by atoms with E-state index in [-0.39, 0.29) is 12.5 Å². The van der Waals surface area contributed by atoms with Crippen molar-refractivity contribution in [3.05, 3.63) is 28.8 Å². The van der Waals surface area contributed by atoms with Gasteiger partial charge in [-0.1, -0.05) is 17.7 Å². The number of amides is 1. The van der Waals surface area contributed by atoms with Gasteiger partial charge < -0.3 is 15.7 Å². The van der Waals surface area contributed by atoms with Crippen LogP contribution in [0.15, 0.2) is 18.2 Å². The molecule has 1 atom stereocenters. The summed E-state index contributed by atoms with van der Waals surface area (Å²) < 4.78 is 0. The maximum atomic E-state index is 10.9. The normalized spacial score (nSPS) is 11.7. The average Bonchev–Trinajstić information content (AvgIpc) is 2.27.